The third kappa shape index (κ3) is 4.40. The molecule has 0 aromatic heterocycles. The molecule has 2 aliphatic rings. The molecule has 5 heteroatoms. The number of carbonyl (C=O) groups excluding carboxylic acids is 1. The van der Waals surface area contributed by atoms with Crippen LogP contribution in [0.15, 0.2) is 30.3 Å². The van der Waals surface area contributed by atoms with Gasteiger partial charge >= 0.3 is 0 Å². The summed E-state index contributed by atoms with van der Waals surface area (Å²) in [5, 5.41) is 3.18. The Hall–Kier alpha value is -1.43. The first kappa shape index (κ1) is 18.4. The number of amides is 1. The van der Waals surface area contributed by atoms with E-state index in [4.69, 9.17) is 9.47 Å². The first-order valence-electron chi connectivity index (χ1n) is 9.43. The van der Waals surface area contributed by atoms with E-state index in [1.165, 1.54) is 19.3 Å². The van der Waals surface area contributed by atoms with Crippen LogP contribution in [0.4, 0.5) is 0 Å². The molecule has 1 atom stereocenters. The van der Waals surface area contributed by atoms with E-state index in [0.717, 1.165) is 44.7 Å². The van der Waals surface area contributed by atoms with Crippen LogP contribution in [-0.4, -0.2) is 56.3 Å². The first-order valence-corrected chi connectivity index (χ1v) is 9.43. The number of likely N-dealkylation sites (tertiary alicyclic amines) is 1. The van der Waals surface area contributed by atoms with Gasteiger partial charge in [0.25, 0.3) is 5.91 Å². The van der Waals surface area contributed by atoms with Crippen molar-refractivity contribution in [3.05, 3.63) is 35.9 Å². The summed E-state index contributed by atoms with van der Waals surface area (Å²) in [6.07, 6.45) is 5.23. The maximum atomic E-state index is 12.8. The van der Waals surface area contributed by atoms with Gasteiger partial charge < -0.3 is 14.8 Å². The zero-order valence-electron chi connectivity index (χ0n) is 15.2. The molecule has 25 heavy (non-hydrogen) atoms. The standard InChI is InChI=1S/C20H30N2O3/c1-24-18(17-8-4-2-5-9-17)19(23)21-16-20(10-14-25-15-11-20)22-12-6-3-7-13-22/h2,4-5,8-9,18H,3,6-7,10-16H2,1H3,(H,21,23). The van der Waals surface area contributed by atoms with Gasteiger partial charge in [-0.1, -0.05) is 36.8 Å². The van der Waals surface area contributed by atoms with Gasteiger partial charge in [0, 0.05) is 32.4 Å². The van der Waals surface area contributed by atoms with Crippen molar-refractivity contribution in [1.82, 2.24) is 10.2 Å². The number of rotatable bonds is 6. The third-order valence-corrected chi connectivity index (χ3v) is 5.62. The van der Waals surface area contributed by atoms with Gasteiger partial charge in [0.15, 0.2) is 6.10 Å². The quantitative estimate of drug-likeness (QED) is 0.860. The monoisotopic (exact) mass is 346 g/mol. The molecule has 2 aliphatic heterocycles. The lowest BCUT2D eigenvalue weighted by molar-refractivity contribution is -0.133. The summed E-state index contributed by atoms with van der Waals surface area (Å²) in [4.78, 5) is 15.3. The van der Waals surface area contributed by atoms with Gasteiger partial charge in [-0.25, -0.2) is 0 Å². The summed E-state index contributed by atoms with van der Waals surface area (Å²) in [5.74, 6) is -0.0587. The van der Waals surface area contributed by atoms with Crippen LogP contribution >= 0.6 is 0 Å². The Morgan fingerprint density at radius 2 is 1.88 bits per heavy atom. The van der Waals surface area contributed by atoms with Gasteiger partial charge in [-0.15, -0.1) is 0 Å². The number of nitrogens with one attached hydrogen (secondary N) is 1. The maximum absolute atomic E-state index is 12.8. The van der Waals surface area contributed by atoms with Crippen molar-refractivity contribution in [2.24, 2.45) is 0 Å². The van der Waals surface area contributed by atoms with Crippen molar-refractivity contribution in [2.75, 3.05) is 40.0 Å². The molecule has 138 valence electrons. The normalized spacial score (nSPS) is 22.3. The number of hydrogen-bond acceptors (Lipinski definition) is 4. The Kier molecular flexibility index (Phi) is 6.45. The number of nitrogens with zero attached hydrogens (tertiary/aromatic N) is 1. The van der Waals surface area contributed by atoms with Gasteiger partial charge in [-0.3, -0.25) is 9.69 Å². The van der Waals surface area contributed by atoms with Crippen LogP contribution in [0.25, 0.3) is 0 Å². The molecule has 0 bridgehead atoms. The lowest BCUT2D eigenvalue weighted by Crippen LogP contribution is -2.60. The van der Waals surface area contributed by atoms with E-state index in [-0.39, 0.29) is 11.4 Å². The van der Waals surface area contributed by atoms with Crippen LogP contribution in [0.1, 0.15) is 43.8 Å². The predicted octanol–water partition coefficient (Wildman–Crippen LogP) is 2.53. The molecule has 0 radical (unpaired) electrons. The first-order chi connectivity index (χ1) is 12.2. The van der Waals surface area contributed by atoms with Crippen molar-refractivity contribution in [1.29, 1.82) is 0 Å². The highest BCUT2D eigenvalue weighted by atomic mass is 16.5. The van der Waals surface area contributed by atoms with Crippen LogP contribution in [0, 0.1) is 0 Å². The molecular weight excluding hydrogens is 316 g/mol. The van der Waals surface area contributed by atoms with Crippen molar-refractivity contribution >= 4 is 5.91 Å². The molecule has 1 amide bonds. The zero-order chi connectivity index (χ0) is 17.5. The molecule has 1 unspecified atom stereocenters. The highest BCUT2D eigenvalue weighted by Crippen LogP contribution is 2.30. The highest BCUT2D eigenvalue weighted by molar-refractivity contribution is 5.82. The fourth-order valence-electron chi connectivity index (χ4n) is 4.09. The van der Waals surface area contributed by atoms with Crippen LogP contribution in [0.2, 0.25) is 0 Å². The molecule has 1 aromatic carbocycles. The Balaban J connectivity index is 1.66. The summed E-state index contributed by atoms with van der Waals surface area (Å²) in [6, 6.07) is 9.68. The van der Waals surface area contributed by atoms with Crippen LogP contribution in [-0.2, 0) is 14.3 Å². The average Bonchev–Trinajstić information content (AvgIpc) is 2.69. The maximum Gasteiger partial charge on any atom is 0.253 e. The Labute approximate surface area is 150 Å². The fourth-order valence-corrected chi connectivity index (χ4v) is 4.09. The lowest BCUT2D eigenvalue weighted by atomic mass is 9.86. The molecule has 2 saturated heterocycles. The van der Waals surface area contributed by atoms with Gasteiger partial charge in [-0.2, -0.15) is 0 Å². The predicted molar refractivity (Wildman–Crippen MR) is 97.4 cm³/mol. The summed E-state index contributed by atoms with van der Waals surface area (Å²) in [5.41, 5.74) is 0.921. The smallest absolute Gasteiger partial charge is 0.253 e. The van der Waals surface area contributed by atoms with Crippen molar-refractivity contribution in [3.63, 3.8) is 0 Å². The Morgan fingerprint density at radius 3 is 2.52 bits per heavy atom. The number of benzene rings is 1. The van der Waals surface area contributed by atoms with Crippen molar-refractivity contribution in [2.45, 2.75) is 43.7 Å². The molecular formula is C20H30N2O3. The minimum atomic E-state index is -0.556. The number of piperidine rings is 1. The minimum Gasteiger partial charge on any atom is -0.381 e. The number of ether oxygens (including phenoxy) is 2. The van der Waals surface area contributed by atoms with Gasteiger partial charge in [0.2, 0.25) is 0 Å². The highest BCUT2D eigenvalue weighted by Gasteiger charge is 2.39. The van der Waals surface area contributed by atoms with E-state index in [2.05, 4.69) is 10.2 Å². The molecule has 3 rings (SSSR count). The molecule has 0 spiro atoms. The summed E-state index contributed by atoms with van der Waals surface area (Å²) in [7, 11) is 1.59. The molecule has 2 fully saturated rings. The number of carbonyl (C=O) groups is 1. The van der Waals surface area contributed by atoms with E-state index in [1.807, 2.05) is 30.3 Å². The zero-order valence-corrected chi connectivity index (χ0v) is 15.2. The van der Waals surface area contributed by atoms with Gasteiger partial charge in [0.05, 0.1) is 0 Å². The largest absolute Gasteiger partial charge is 0.381 e. The van der Waals surface area contributed by atoms with Crippen molar-refractivity contribution in [3.8, 4) is 0 Å². The van der Waals surface area contributed by atoms with Crippen LogP contribution in [0.5, 0.6) is 0 Å². The molecule has 2 heterocycles. The Bertz CT molecular complexity index is 537. The van der Waals surface area contributed by atoms with Crippen LogP contribution < -0.4 is 5.32 Å². The van der Waals surface area contributed by atoms with E-state index < -0.39 is 6.10 Å². The van der Waals surface area contributed by atoms with E-state index >= 15 is 0 Å². The SMILES string of the molecule is COC(C(=O)NCC1(N2CCCCC2)CCOCC1)c1ccccc1. The molecule has 1 aromatic rings. The topological polar surface area (TPSA) is 50.8 Å². The van der Waals surface area contributed by atoms with E-state index in [0.29, 0.717) is 6.54 Å². The number of hydrogen-bond donors (Lipinski definition) is 1. The fraction of sp³-hybridized carbons (Fsp3) is 0.650. The second kappa shape index (κ2) is 8.79. The van der Waals surface area contributed by atoms with Crippen molar-refractivity contribution < 1.29 is 14.3 Å². The lowest BCUT2D eigenvalue weighted by Gasteiger charge is -2.48. The molecule has 0 aliphatic carbocycles. The Morgan fingerprint density at radius 1 is 1.20 bits per heavy atom. The second-order valence-corrected chi connectivity index (χ2v) is 7.13. The summed E-state index contributed by atoms with van der Waals surface area (Å²) < 4.78 is 11.1. The molecule has 5 nitrogen and oxygen atoms in total. The number of methoxy groups -OCH3 is 1. The van der Waals surface area contributed by atoms with E-state index in [1.54, 1.807) is 7.11 Å². The third-order valence-electron chi connectivity index (χ3n) is 5.62. The second-order valence-electron chi connectivity index (χ2n) is 7.13. The molecule has 0 saturated carbocycles. The van der Waals surface area contributed by atoms with E-state index in [9.17, 15) is 4.79 Å². The van der Waals surface area contributed by atoms with Gasteiger partial charge in [-0.05, 0) is 44.3 Å². The summed E-state index contributed by atoms with van der Waals surface area (Å²) >= 11 is 0. The van der Waals surface area contributed by atoms with Gasteiger partial charge in [0.1, 0.15) is 0 Å². The molecule has 1 N–H and O–H groups in total. The van der Waals surface area contributed by atoms with Crippen LogP contribution in [0.3, 0.4) is 0 Å². The average molecular weight is 346 g/mol. The summed E-state index contributed by atoms with van der Waals surface area (Å²) in [6.45, 7) is 4.48. The minimum absolute atomic E-state index is 0.0311.